The first kappa shape index (κ1) is 24.4. The van der Waals surface area contributed by atoms with Crippen LogP contribution in [0, 0.1) is 18.2 Å². The second-order valence-electron chi connectivity index (χ2n) is 10.7. The Morgan fingerprint density at radius 1 is 0.872 bits per heavy atom. The van der Waals surface area contributed by atoms with Gasteiger partial charge < -0.3 is 10.3 Å². The first-order valence-corrected chi connectivity index (χ1v) is 12.5. The van der Waals surface area contributed by atoms with Gasteiger partial charge in [0.25, 0.3) is 0 Å². The number of benzene rings is 1. The van der Waals surface area contributed by atoms with Crippen molar-refractivity contribution in [1.82, 2.24) is 30.1 Å². The number of aryl methyl sites for hydroxylation is 1. The Hall–Kier alpha value is -4.92. The maximum Gasteiger partial charge on any atom is 0.229 e. The number of rotatable bonds is 4. The highest BCUT2D eigenvalue weighted by atomic mass is 19.1. The number of anilines is 1. The molecule has 0 spiro atoms. The molecule has 0 radical (unpaired) electrons. The first-order chi connectivity index (χ1) is 18.7. The SMILES string of the molecule is Cc1cc(F)cc(-c2cncc3[nH]c(-c4n[nH]c5ncc(-c6cncc(NC(=O)C(C)(C)C)c6)cc45)cc23)c1. The highest BCUT2D eigenvalue weighted by Crippen LogP contribution is 2.35. The molecule has 0 aliphatic rings. The smallest absolute Gasteiger partial charge is 0.229 e. The van der Waals surface area contributed by atoms with Gasteiger partial charge in [0.1, 0.15) is 11.5 Å². The summed E-state index contributed by atoms with van der Waals surface area (Å²) in [4.78, 5) is 29.1. The van der Waals surface area contributed by atoms with Crippen molar-refractivity contribution in [1.29, 1.82) is 0 Å². The van der Waals surface area contributed by atoms with Gasteiger partial charge in [-0.05, 0) is 48.4 Å². The van der Waals surface area contributed by atoms with Gasteiger partial charge in [-0.15, -0.1) is 0 Å². The third-order valence-electron chi connectivity index (χ3n) is 6.58. The number of nitrogens with zero attached hydrogens (tertiary/aromatic N) is 4. The number of aromatic amines is 2. The summed E-state index contributed by atoms with van der Waals surface area (Å²) < 4.78 is 14.2. The lowest BCUT2D eigenvalue weighted by Gasteiger charge is -2.17. The Morgan fingerprint density at radius 3 is 2.46 bits per heavy atom. The molecular formula is C30H26FN7O. The molecule has 8 nitrogen and oxygen atoms in total. The molecule has 6 rings (SSSR count). The number of fused-ring (bicyclic) bond motifs is 2. The van der Waals surface area contributed by atoms with E-state index in [-0.39, 0.29) is 11.7 Å². The number of carbonyl (C=O) groups excluding carboxylic acids is 1. The van der Waals surface area contributed by atoms with E-state index in [4.69, 9.17) is 0 Å². The zero-order valence-corrected chi connectivity index (χ0v) is 21.9. The molecule has 3 N–H and O–H groups in total. The molecule has 0 aliphatic heterocycles. The predicted octanol–water partition coefficient (Wildman–Crippen LogP) is 6.66. The van der Waals surface area contributed by atoms with Crippen molar-refractivity contribution >= 4 is 33.5 Å². The van der Waals surface area contributed by atoms with Crippen LogP contribution in [0.15, 0.2) is 67.4 Å². The van der Waals surface area contributed by atoms with Crippen molar-refractivity contribution < 1.29 is 9.18 Å². The van der Waals surface area contributed by atoms with Crippen LogP contribution in [0.25, 0.3) is 55.6 Å². The van der Waals surface area contributed by atoms with Crippen molar-refractivity contribution in [3.05, 3.63) is 78.8 Å². The number of aromatic nitrogens is 6. The van der Waals surface area contributed by atoms with Crippen molar-refractivity contribution in [2.24, 2.45) is 5.41 Å². The van der Waals surface area contributed by atoms with E-state index in [1.807, 2.05) is 52.0 Å². The summed E-state index contributed by atoms with van der Waals surface area (Å²) in [7, 11) is 0. The minimum atomic E-state index is -0.523. The number of pyridine rings is 3. The summed E-state index contributed by atoms with van der Waals surface area (Å²) in [5, 5.41) is 12.2. The van der Waals surface area contributed by atoms with E-state index in [9.17, 15) is 9.18 Å². The standard InChI is InChI=1S/C30H26FN7O/c1-16-5-17(7-20(31)6-16)24-14-33-15-26-22(24)10-25(36-26)27-23-9-19(12-34-28(23)38-37-27)18-8-21(13-32-11-18)35-29(39)30(2,3)4/h5-15,36H,1-4H3,(H,35,39)(H,34,37,38). The molecule has 39 heavy (non-hydrogen) atoms. The topological polar surface area (TPSA) is 112 Å². The number of carbonyl (C=O) groups is 1. The van der Waals surface area contributed by atoms with Gasteiger partial charge in [-0.2, -0.15) is 5.10 Å². The lowest BCUT2D eigenvalue weighted by molar-refractivity contribution is -0.123. The van der Waals surface area contributed by atoms with Crippen LogP contribution in [0.5, 0.6) is 0 Å². The third kappa shape index (κ3) is 4.63. The van der Waals surface area contributed by atoms with Gasteiger partial charge in [0.2, 0.25) is 5.91 Å². The molecule has 1 amide bonds. The molecule has 5 aromatic heterocycles. The number of hydrogen-bond donors (Lipinski definition) is 3. The Bertz CT molecular complexity index is 1860. The second-order valence-corrected chi connectivity index (χ2v) is 10.7. The van der Waals surface area contributed by atoms with Crippen LogP contribution in [0.1, 0.15) is 26.3 Å². The number of nitrogens with one attached hydrogen (secondary N) is 3. The zero-order chi connectivity index (χ0) is 27.3. The van der Waals surface area contributed by atoms with E-state index in [1.165, 1.54) is 12.1 Å². The van der Waals surface area contributed by atoms with Gasteiger partial charge in [0.05, 0.1) is 29.3 Å². The minimum absolute atomic E-state index is 0.0896. The quantitative estimate of drug-likeness (QED) is 0.241. The maximum atomic E-state index is 14.2. The van der Waals surface area contributed by atoms with Gasteiger partial charge in [-0.1, -0.05) is 26.8 Å². The molecule has 0 saturated heterocycles. The summed E-state index contributed by atoms with van der Waals surface area (Å²) in [6.45, 7) is 7.45. The Labute approximate surface area is 223 Å². The van der Waals surface area contributed by atoms with Crippen LogP contribution in [-0.4, -0.2) is 36.0 Å². The van der Waals surface area contributed by atoms with Crippen LogP contribution in [0.4, 0.5) is 10.1 Å². The van der Waals surface area contributed by atoms with Crippen molar-refractivity contribution in [3.63, 3.8) is 0 Å². The molecular weight excluding hydrogens is 493 g/mol. The molecule has 194 valence electrons. The van der Waals surface area contributed by atoms with Crippen LogP contribution in [0.3, 0.4) is 0 Å². The fourth-order valence-electron chi connectivity index (χ4n) is 4.55. The molecule has 0 aliphatic carbocycles. The molecule has 5 heterocycles. The molecule has 0 unspecified atom stereocenters. The summed E-state index contributed by atoms with van der Waals surface area (Å²) >= 11 is 0. The van der Waals surface area contributed by atoms with E-state index >= 15 is 0 Å². The normalized spacial score (nSPS) is 11.8. The van der Waals surface area contributed by atoms with E-state index < -0.39 is 5.41 Å². The van der Waals surface area contributed by atoms with E-state index in [0.717, 1.165) is 49.8 Å². The minimum Gasteiger partial charge on any atom is -0.352 e. The van der Waals surface area contributed by atoms with Gasteiger partial charge in [0, 0.05) is 51.5 Å². The van der Waals surface area contributed by atoms with Crippen LogP contribution < -0.4 is 5.32 Å². The molecule has 0 fully saturated rings. The molecule has 9 heteroatoms. The highest BCUT2D eigenvalue weighted by Gasteiger charge is 2.21. The number of halogens is 1. The van der Waals surface area contributed by atoms with Crippen molar-refractivity contribution in [3.8, 4) is 33.6 Å². The van der Waals surface area contributed by atoms with E-state index in [2.05, 4.69) is 35.5 Å². The first-order valence-electron chi connectivity index (χ1n) is 12.5. The third-order valence-corrected chi connectivity index (χ3v) is 6.58. The van der Waals surface area contributed by atoms with Crippen molar-refractivity contribution in [2.45, 2.75) is 27.7 Å². The predicted molar refractivity (Wildman–Crippen MR) is 150 cm³/mol. The van der Waals surface area contributed by atoms with Gasteiger partial charge in [-0.25, -0.2) is 9.37 Å². The lowest BCUT2D eigenvalue weighted by Crippen LogP contribution is -2.27. The van der Waals surface area contributed by atoms with Crippen LogP contribution in [-0.2, 0) is 4.79 Å². The second kappa shape index (κ2) is 9.13. The fourth-order valence-corrected chi connectivity index (χ4v) is 4.55. The Balaban J connectivity index is 1.41. The fraction of sp³-hybridized carbons (Fsp3) is 0.167. The van der Waals surface area contributed by atoms with Crippen LogP contribution >= 0.6 is 0 Å². The summed E-state index contributed by atoms with van der Waals surface area (Å²) in [5.41, 5.74) is 7.09. The average Bonchev–Trinajstić information content (AvgIpc) is 3.51. The summed E-state index contributed by atoms with van der Waals surface area (Å²) in [6, 6.07) is 10.8. The van der Waals surface area contributed by atoms with E-state index in [0.29, 0.717) is 17.0 Å². The average molecular weight is 520 g/mol. The number of hydrogen-bond acceptors (Lipinski definition) is 5. The van der Waals surface area contributed by atoms with Gasteiger partial charge in [0.15, 0.2) is 5.65 Å². The maximum absolute atomic E-state index is 14.2. The molecule has 0 atom stereocenters. The molecule has 0 bridgehead atoms. The number of H-pyrrole nitrogens is 2. The van der Waals surface area contributed by atoms with Crippen molar-refractivity contribution in [2.75, 3.05) is 5.32 Å². The summed E-state index contributed by atoms with van der Waals surface area (Å²) in [5.74, 6) is -0.376. The zero-order valence-electron chi connectivity index (χ0n) is 21.9. The lowest BCUT2D eigenvalue weighted by atomic mass is 9.95. The molecule has 6 aromatic rings. The van der Waals surface area contributed by atoms with Crippen LogP contribution in [0.2, 0.25) is 0 Å². The Morgan fingerprint density at radius 2 is 1.67 bits per heavy atom. The summed E-state index contributed by atoms with van der Waals surface area (Å²) in [6.07, 6.45) is 8.59. The monoisotopic (exact) mass is 519 g/mol. The Kier molecular flexibility index (Phi) is 5.71. The highest BCUT2D eigenvalue weighted by molar-refractivity contribution is 6.01. The van der Waals surface area contributed by atoms with Gasteiger partial charge in [-0.3, -0.25) is 19.9 Å². The largest absolute Gasteiger partial charge is 0.352 e. The van der Waals surface area contributed by atoms with Gasteiger partial charge >= 0.3 is 0 Å². The number of amides is 1. The van der Waals surface area contributed by atoms with E-state index in [1.54, 1.807) is 31.0 Å². The molecule has 0 saturated carbocycles. The molecule has 1 aromatic carbocycles.